The smallest absolute Gasteiger partial charge is 0.272 e. The van der Waals surface area contributed by atoms with Crippen molar-refractivity contribution < 1.29 is 17.9 Å². The van der Waals surface area contributed by atoms with Crippen molar-refractivity contribution in [3.05, 3.63) is 42.2 Å². The number of ether oxygens (including phenoxy) is 1. The second-order valence-corrected chi connectivity index (χ2v) is 5.06. The molecule has 0 saturated heterocycles. The van der Waals surface area contributed by atoms with Crippen molar-refractivity contribution in [1.82, 2.24) is 9.78 Å². The van der Waals surface area contributed by atoms with Gasteiger partial charge in [0, 0.05) is 18.0 Å². The number of halogens is 3. The van der Waals surface area contributed by atoms with Gasteiger partial charge in [0.15, 0.2) is 17.4 Å². The zero-order chi connectivity index (χ0) is 16.6. The average Bonchev–Trinajstić information content (AvgIpc) is 2.80. The molecule has 2 aromatic carbocycles. The van der Waals surface area contributed by atoms with E-state index in [0.717, 1.165) is 10.9 Å². The van der Waals surface area contributed by atoms with Crippen LogP contribution < -0.4 is 10.5 Å². The van der Waals surface area contributed by atoms with Gasteiger partial charge in [-0.1, -0.05) is 18.2 Å². The molecule has 1 heterocycles. The van der Waals surface area contributed by atoms with Crippen LogP contribution in [0.4, 0.5) is 19.0 Å². The van der Waals surface area contributed by atoms with Crippen molar-refractivity contribution in [3.63, 3.8) is 0 Å². The highest BCUT2D eigenvalue weighted by atomic mass is 19.3. The van der Waals surface area contributed by atoms with Gasteiger partial charge < -0.3 is 10.5 Å². The lowest BCUT2D eigenvalue weighted by Crippen LogP contribution is -2.08. The molecule has 0 amide bonds. The van der Waals surface area contributed by atoms with Gasteiger partial charge in [-0.15, -0.1) is 0 Å². The molecular weight excluding hydrogens is 307 g/mol. The van der Waals surface area contributed by atoms with Crippen LogP contribution in [0.1, 0.15) is 0 Å². The maximum Gasteiger partial charge on any atom is 0.272 e. The highest BCUT2D eigenvalue weighted by molar-refractivity contribution is 5.92. The summed E-state index contributed by atoms with van der Waals surface area (Å²) in [5.74, 6) is -0.488. The van der Waals surface area contributed by atoms with Gasteiger partial charge in [-0.25, -0.2) is 13.2 Å². The van der Waals surface area contributed by atoms with E-state index < -0.39 is 18.8 Å². The predicted octanol–water partition coefficient (Wildman–Crippen LogP) is 3.61. The first-order valence-electron chi connectivity index (χ1n) is 6.89. The van der Waals surface area contributed by atoms with Crippen LogP contribution >= 0.6 is 0 Å². The first-order chi connectivity index (χ1) is 11.0. The Labute approximate surface area is 130 Å². The molecule has 0 aliphatic rings. The van der Waals surface area contributed by atoms with E-state index in [9.17, 15) is 13.2 Å². The summed E-state index contributed by atoms with van der Waals surface area (Å²) in [6.45, 7) is -0.866. The number of fused-ring (bicyclic) bond motifs is 1. The molecule has 0 atom stereocenters. The van der Waals surface area contributed by atoms with Crippen LogP contribution in [0.5, 0.6) is 5.75 Å². The standard InChI is InChI=1S/C16H14F3N3O/c1-22-13-7-9(5-6-11(13)16(20)21-22)10-3-2-4-12(17)15(10)23-8-14(18)19/h2-7,14H,8H2,1H3,(H2,20,21). The molecule has 0 aliphatic carbocycles. The Morgan fingerprint density at radius 1 is 1.26 bits per heavy atom. The van der Waals surface area contributed by atoms with Gasteiger partial charge in [-0.2, -0.15) is 5.10 Å². The fourth-order valence-electron chi connectivity index (χ4n) is 2.48. The minimum Gasteiger partial charge on any atom is -0.484 e. The fourth-order valence-corrected chi connectivity index (χ4v) is 2.48. The summed E-state index contributed by atoms with van der Waals surface area (Å²) in [7, 11) is 1.74. The summed E-state index contributed by atoms with van der Waals surface area (Å²) in [6, 6.07) is 9.54. The minimum atomic E-state index is -2.68. The first kappa shape index (κ1) is 15.2. The quantitative estimate of drug-likeness (QED) is 0.799. The maximum atomic E-state index is 14.0. The van der Waals surface area contributed by atoms with Crippen molar-refractivity contribution >= 4 is 16.7 Å². The molecule has 7 heteroatoms. The number of benzene rings is 2. The van der Waals surface area contributed by atoms with Crippen molar-refractivity contribution in [1.29, 1.82) is 0 Å². The van der Waals surface area contributed by atoms with Gasteiger partial charge in [0.1, 0.15) is 6.61 Å². The second-order valence-electron chi connectivity index (χ2n) is 5.06. The molecule has 0 fully saturated rings. The average molecular weight is 321 g/mol. The van der Waals surface area contributed by atoms with Gasteiger partial charge >= 0.3 is 0 Å². The number of anilines is 1. The highest BCUT2D eigenvalue weighted by Gasteiger charge is 2.15. The first-order valence-corrected chi connectivity index (χ1v) is 6.89. The number of hydrogen-bond acceptors (Lipinski definition) is 3. The van der Waals surface area contributed by atoms with Crippen molar-refractivity contribution in [2.24, 2.45) is 7.05 Å². The molecule has 2 N–H and O–H groups in total. The van der Waals surface area contributed by atoms with Gasteiger partial charge in [0.05, 0.1) is 5.52 Å². The summed E-state index contributed by atoms with van der Waals surface area (Å²) in [4.78, 5) is 0. The Morgan fingerprint density at radius 2 is 2.04 bits per heavy atom. The van der Waals surface area contributed by atoms with Crippen LogP contribution in [-0.2, 0) is 7.05 Å². The topological polar surface area (TPSA) is 53.1 Å². The summed E-state index contributed by atoms with van der Waals surface area (Å²) in [6.07, 6.45) is -2.68. The number of nitrogens with two attached hydrogens (primary N) is 1. The van der Waals surface area contributed by atoms with E-state index in [0.29, 0.717) is 16.9 Å². The molecule has 4 nitrogen and oxygen atoms in total. The summed E-state index contributed by atoms with van der Waals surface area (Å²) >= 11 is 0. The minimum absolute atomic E-state index is 0.192. The summed E-state index contributed by atoms with van der Waals surface area (Å²) in [5.41, 5.74) is 7.58. The van der Waals surface area contributed by atoms with Gasteiger partial charge in [-0.05, 0) is 23.8 Å². The molecule has 0 saturated carbocycles. The molecule has 3 aromatic rings. The number of aryl methyl sites for hydroxylation is 1. The Bertz CT molecular complexity index is 861. The van der Waals surface area contributed by atoms with E-state index in [-0.39, 0.29) is 5.75 Å². The van der Waals surface area contributed by atoms with Crippen molar-refractivity contribution in [2.75, 3.05) is 12.3 Å². The molecule has 0 bridgehead atoms. The Hall–Kier alpha value is -2.70. The molecule has 0 spiro atoms. The van der Waals surface area contributed by atoms with E-state index in [1.807, 2.05) is 0 Å². The zero-order valence-corrected chi connectivity index (χ0v) is 12.3. The third-order valence-corrected chi connectivity index (χ3v) is 3.51. The van der Waals surface area contributed by atoms with Gasteiger partial charge in [0.25, 0.3) is 6.43 Å². The van der Waals surface area contributed by atoms with E-state index in [1.54, 1.807) is 36.0 Å². The van der Waals surface area contributed by atoms with Gasteiger partial charge in [-0.3, -0.25) is 4.68 Å². The number of aromatic nitrogens is 2. The van der Waals surface area contributed by atoms with E-state index in [4.69, 9.17) is 10.5 Å². The molecule has 120 valence electrons. The SMILES string of the molecule is Cn1nc(N)c2ccc(-c3cccc(F)c3OCC(F)F)cc21. The number of rotatable bonds is 4. The predicted molar refractivity (Wildman–Crippen MR) is 82.0 cm³/mol. The lowest BCUT2D eigenvalue weighted by atomic mass is 10.0. The molecule has 0 aliphatic heterocycles. The third kappa shape index (κ3) is 2.81. The third-order valence-electron chi connectivity index (χ3n) is 3.51. The van der Waals surface area contributed by atoms with Crippen molar-refractivity contribution in [2.45, 2.75) is 6.43 Å². The monoisotopic (exact) mass is 321 g/mol. The number of hydrogen-bond donors (Lipinski definition) is 1. The number of alkyl halides is 2. The number of para-hydroxylation sites is 1. The van der Waals surface area contributed by atoms with E-state index in [2.05, 4.69) is 5.10 Å². The van der Waals surface area contributed by atoms with Crippen LogP contribution in [0, 0.1) is 5.82 Å². The highest BCUT2D eigenvalue weighted by Crippen LogP contribution is 2.35. The summed E-state index contributed by atoms with van der Waals surface area (Å²) < 4.78 is 45.3. The zero-order valence-electron chi connectivity index (χ0n) is 12.3. The van der Waals surface area contributed by atoms with Crippen molar-refractivity contribution in [3.8, 4) is 16.9 Å². The normalized spacial score (nSPS) is 11.3. The number of nitrogen functional groups attached to an aromatic ring is 1. The summed E-state index contributed by atoms with van der Waals surface area (Å²) in [5, 5.41) is 4.88. The Balaban J connectivity index is 2.11. The molecule has 23 heavy (non-hydrogen) atoms. The van der Waals surface area contributed by atoms with Crippen LogP contribution in [0.15, 0.2) is 36.4 Å². The lowest BCUT2D eigenvalue weighted by molar-refractivity contribution is 0.0802. The fraction of sp³-hybridized carbons (Fsp3) is 0.188. The van der Waals surface area contributed by atoms with Crippen LogP contribution in [0.25, 0.3) is 22.0 Å². The molecular formula is C16H14F3N3O. The lowest BCUT2D eigenvalue weighted by Gasteiger charge is -2.12. The van der Waals surface area contributed by atoms with Gasteiger partial charge in [0.2, 0.25) is 0 Å². The van der Waals surface area contributed by atoms with E-state index >= 15 is 0 Å². The Kier molecular flexibility index (Phi) is 3.85. The van der Waals surface area contributed by atoms with Crippen LogP contribution in [0.2, 0.25) is 0 Å². The largest absolute Gasteiger partial charge is 0.484 e. The van der Waals surface area contributed by atoms with Crippen LogP contribution in [-0.4, -0.2) is 22.8 Å². The molecule has 0 radical (unpaired) electrons. The molecule has 1 aromatic heterocycles. The Morgan fingerprint density at radius 3 is 2.78 bits per heavy atom. The van der Waals surface area contributed by atoms with E-state index in [1.165, 1.54) is 12.1 Å². The molecule has 0 unspecified atom stereocenters. The second kappa shape index (κ2) is 5.83. The molecule has 3 rings (SSSR count). The number of nitrogens with zero attached hydrogens (tertiary/aromatic N) is 2. The van der Waals surface area contributed by atoms with Crippen LogP contribution in [0.3, 0.4) is 0 Å². The maximum absolute atomic E-state index is 14.0.